The molecule has 22 heavy (non-hydrogen) atoms. The summed E-state index contributed by atoms with van der Waals surface area (Å²) < 4.78 is 0. The summed E-state index contributed by atoms with van der Waals surface area (Å²) in [6, 6.07) is 7.50. The first kappa shape index (κ1) is 16.3. The van der Waals surface area contributed by atoms with Gasteiger partial charge in [0.05, 0.1) is 0 Å². The lowest BCUT2D eigenvalue weighted by Gasteiger charge is -2.21. The number of carbonyl (C=O) groups is 2. The Hall–Kier alpha value is -2.04. The zero-order valence-corrected chi connectivity index (χ0v) is 13.8. The number of carbonyl (C=O) groups excluding carboxylic acids is 2. The second-order valence-electron chi connectivity index (χ2n) is 6.38. The Morgan fingerprint density at radius 2 is 1.91 bits per heavy atom. The van der Waals surface area contributed by atoms with Crippen LogP contribution in [0.2, 0.25) is 0 Å². The van der Waals surface area contributed by atoms with Gasteiger partial charge in [-0.05, 0) is 37.8 Å². The van der Waals surface area contributed by atoms with Crippen LogP contribution in [0.1, 0.15) is 30.9 Å². The molecule has 1 aliphatic rings. The molecule has 120 valence electrons. The van der Waals surface area contributed by atoms with E-state index in [0.717, 1.165) is 12.8 Å². The highest BCUT2D eigenvalue weighted by Crippen LogP contribution is 2.48. The highest BCUT2D eigenvalue weighted by Gasteiger charge is 2.45. The summed E-state index contributed by atoms with van der Waals surface area (Å²) in [4.78, 5) is 25.2. The molecule has 1 saturated carbocycles. The van der Waals surface area contributed by atoms with Gasteiger partial charge in [-0.25, -0.2) is 4.79 Å². The predicted molar refractivity (Wildman–Crippen MR) is 86.8 cm³/mol. The van der Waals surface area contributed by atoms with E-state index in [4.69, 9.17) is 0 Å². The van der Waals surface area contributed by atoms with Gasteiger partial charge in [-0.3, -0.25) is 4.79 Å². The first-order valence-electron chi connectivity index (χ1n) is 7.67. The summed E-state index contributed by atoms with van der Waals surface area (Å²) in [5, 5.41) is 5.60. The van der Waals surface area contributed by atoms with Crippen LogP contribution >= 0.6 is 0 Å². The van der Waals surface area contributed by atoms with Gasteiger partial charge >= 0.3 is 6.03 Å². The Kier molecular flexibility index (Phi) is 4.74. The molecule has 2 N–H and O–H groups in total. The summed E-state index contributed by atoms with van der Waals surface area (Å²) in [6.45, 7) is 4.40. The van der Waals surface area contributed by atoms with Crippen LogP contribution in [0.15, 0.2) is 24.3 Å². The van der Waals surface area contributed by atoms with E-state index in [9.17, 15) is 9.59 Å². The van der Waals surface area contributed by atoms with E-state index in [1.807, 2.05) is 12.1 Å². The molecule has 0 unspecified atom stereocenters. The molecule has 1 atom stereocenters. The summed E-state index contributed by atoms with van der Waals surface area (Å²) in [5.74, 6) is -0.116. The summed E-state index contributed by atoms with van der Waals surface area (Å²) in [7, 11) is 3.35. The monoisotopic (exact) mass is 303 g/mol. The standard InChI is InChI=1S/C17H25N3O2/c1-12-7-5-6-8-14(12)17(9-10-17)11-18-16(22)19-13(2)15(21)20(3)4/h5-8,13H,9-11H2,1-4H3,(H2,18,19,22)/t13-/m1/s1. The smallest absolute Gasteiger partial charge is 0.315 e. The van der Waals surface area contributed by atoms with E-state index >= 15 is 0 Å². The molecule has 0 heterocycles. The van der Waals surface area contributed by atoms with Gasteiger partial charge in [0, 0.05) is 26.1 Å². The first-order chi connectivity index (χ1) is 10.4. The van der Waals surface area contributed by atoms with Gasteiger partial charge in [0.15, 0.2) is 0 Å². The fraction of sp³-hybridized carbons (Fsp3) is 0.529. The highest BCUT2D eigenvalue weighted by molar-refractivity contribution is 5.86. The first-order valence-corrected chi connectivity index (χ1v) is 7.67. The molecule has 0 aromatic heterocycles. The lowest BCUT2D eigenvalue weighted by molar-refractivity contribution is -0.130. The lowest BCUT2D eigenvalue weighted by Crippen LogP contribution is -2.49. The Labute approximate surface area is 132 Å². The fourth-order valence-corrected chi connectivity index (χ4v) is 2.81. The number of hydrogen-bond acceptors (Lipinski definition) is 2. The minimum absolute atomic E-state index is 0.0669. The maximum Gasteiger partial charge on any atom is 0.315 e. The van der Waals surface area contributed by atoms with E-state index in [1.54, 1.807) is 21.0 Å². The summed E-state index contributed by atoms with van der Waals surface area (Å²) >= 11 is 0. The number of aryl methyl sites for hydroxylation is 1. The molecule has 0 spiro atoms. The SMILES string of the molecule is Cc1ccccc1C1(CNC(=O)N[C@H](C)C(=O)N(C)C)CC1. The number of rotatable bonds is 5. The molecule has 1 aromatic rings. The number of nitrogens with one attached hydrogen (secondary N) is 2. The van der Waals surface area contributed by atoms with Gasteiger partial charge in [0.2, 0.25) is 5.91 Å². The average molecular weight is 303 g/mol. The number of likely N-dealkylation sites (N-methyl/N-ethyl adjacent to an activating group) is 1. The van der Waals surface area contributed by atoms with Crippen LogP contribution in [0.4, 0.5) is 4.79 Å². The van der Waals surface area contributed by atoms with Crippen molar-refractivity contribution >= 4 is 11.9 Å². The Morgan fingerprint density at radius 1 is 1.27 bits per heavy atom. The number of hydrogen-bond donors (Lipinski definition) is 2. The van der Waals surface area contributed by atoms with Crippen molar-refractivity contribution in [2.75, 3.05) is 20.6 Å². The molecule has 0 saturated heterocycles. The van der Waals surface area contributed by atoms with Crippen LogP contribution in [-0.2, 0) is 10.2 Å². The van der Waals surface area contributed by atoms with E-state index < -0.39 is 6.04 Å². The van der Waals surface area contributed by atoms with E-state index in [2.05, 4.69) is 29.7 Å². The summed E-state index contributed by atoms with van der Waals surface area (Å²) in [5.41, 5.74) is 2.64. The van der Waals surface area contributed by atoms with E-state index in [1.165, 1.54) is 16.0 Å². The van der Waals surface area contributed by atoms with Crippen LogP contribution in [0, 0.1) is 6.92 Å². The number of amides is 3. The van der Waals surface area contributed by atoms with Crippen LogP contribution in [-0.4, -0.2) is 43.5 Å². The maximum absolute atomic E-state index is 12.0. The average Bonchev–Trinajstić information content (AvgIpc) is 3.25. The van der Waals surface area contributed by atoms with Gasteiger partial charge in [-0.15, -0.1) is 0 Å². The van der Waals surface area contributed by atoms with E-state index in [-0.39, 0.29) is 17.4 Å². The fourth-order valence-electron chi connectivity index (χ4n) is 2.81. The molecule has 0 radical (unpaired) electrons. The van der Waals surface area contributed by atoms with Crippen molar-refractivity contribution in [3.8, 4) is 0 Å². The van der Waals surface area contributed by atoms with Crippen LogP contribution in [0.25, 0.3) is 0 Å². The van der Waals surface area contributed by atoms with Gasteiger partial charge in [-0.2, -0.15) is 0 Å². The molecule has 5 nitrogen and oxygen atoms in total. The van der Waals surface area contributed by atoms with Crippen molar-refractivity contribution < 1.29 is 9.59 Å². The predicted octanol–water partition coefficient (Wildman–Crippen LogP) is 1.80. The third kappa shape index (κ3) is 3.59. The Bertz CT molecular complexity index is 565. The van der Waals surface area contributed by atoms with E-state index in [0.29, 0.717) is 6.54 Å². The molecular weight excluding hydrogens is 278 g/mol. The molecule has 0 bridgehead atoms. The minimum atomic E-state index is -0.524. The van der Waals surface area contributed by atoms with Gasteiger partial charge < -0.3 is 15.5 Å². The molecule has 3 amide bonds. The number of benzene rings is 1. The number of nitrogens with zero attached hydrogens (tertiary/aromatic N) is 1. The maximum atomic E-state index is 12.0. The van der Waals surface area contributed by atoms with Crippen LogP contribution in [0.3, 0.4) is 0 Å². The van der Waals surface area contributed by atoms with Crippen LogP contribution in [0.5, 0.6) is 0 Å². The Balaban J connectivity index is 1.89. The van der Waals surface area contributed by atoms with Crippen molar-refractivity contribution in [3.05, 3.63) is 35.4 Å². The summed E-state index contributed by atoms with van der Waals surface area (Å²) in [6.07, 6.45) is 2.18. The van der Waals surface area contributed by atoms with Crippen molar-refractivity contribution in [1.29, 1.82) is 0 Å². The zero-order chi connectivity index (χ0) is 16.3. The molecule has 0 aliphatic heterocycles. The number of urea groups is 1. The molecule has 1 aromatic carbocycles. The second-order valence-corrected chi connectivity index (χ2v) is 6.38. The normalized spacial score (nSPS) is 16.5. The molecule has 1 aliphatic carbocycles. The Morgan fingerprint density at radius 3 is 2.45 bits per heavy atom. The highest BCUT2D eigenvalue weighted by atomic mass is 16.2. The van der Waals surface area contributed by atoms with Crippen molar-refractivity contribution in [1.82, 2.24) is 15.5 Å². The molecule has 2 rings (SSSR count). The topological polar surface area (TPSA) is 61.4 Å². The van der Waals surface area contributed by atoms with Gasteiger partial charge in [0.25, 0.3) is 0 Å². The van der Waals surface area contributed by atoms with Crippen LogP contribution < -0.4 is 10.6 Å². The van der Waals surface area contributed by atoms with Crippen molar-refractivity contribution in [3.63, 3.8) is 0 Å². The zero-order valence-electron chi connectivity index (χ0n) is 13.8. The second kappa shape index (κ2) is 6.38. The third-order valence-corrected chi connectivity index (χ3v) is 4.32. The van der Waals surface area contributed by atoms with Gasteiger partial charge in [0.1, 0.15) is 6.04 Å². The molecule has 5 heteroatoms. The molecule has 1 fully saturated rings. The lowest BCUT2D eigenvalue weighted by atomic mass is 9.92. The third-order valence-electron chi connectivity index (χ3n) is 4.32. The largest absolute Gasteiger partial charge is 0.347 e. The molecular formula is C17H25N3O2. The van der Waals surface area contributed by atoms with Crippen molar-refractivity contribution in [2.45, 2.75) is 38.1 Å². The van der Waals surface area contributed by atoms with Gasteiger partial charge in [-0.1, -0.05) is 24.3 Å². The van der Waals surface area contributed by atoms with Crippen molar-refractivity contribution in [2.24, 2.45) is 0 Å². The minimum Gasteiger partial charge on any atom is -0.347 e. The quantitative estimate of drug-likeness (QED) is 0.871.